The van der Waals surface area contributed by atoms with Crippen molar-refractivity contribution < 1.29 is 4.79 Å². The largest absolute Gasteiger partial charge is 0.380 e. The predicted octanol–water partition coefficient (Wildman–Crippen LogP) is 6.33. The summed E-state index contributed by atoms with van der Waals surface area (Å²) in [5.41, 5.74) is 4.10. The lowest BCUT2D eigenvalue weighted by Gasteiger charge is -2.62. The van der Waals surface area contributed by atoms with E-state index < -0.39 is 0 Å². The predicted molar refractivity (Wildman–Crippen MR) is 149 cm³/mol. The van der Waals surface area contributed by atoms with Crippen molar-refractivity contribution in [3.63, 3.8) is 0 Å². The average molecular weight is 558 g/mol. The number of aryl methyl sites for hydroxylation is 1. The van der Waals surface area contributed by atoms with E-state index in [1.54, 1.807) is 6.20 Å². The minimum atomic E-state index is -0.268. The van der Waals surface area contributed by atoms with E-state index in [4.69, 9.17) is 4.98 Å². The molecule has 0 aromatic carbocycles. The molecule has 7 heteroatoms. The Morgan fingerprint density at radius 2 is 1.81 bits per heavy atom. The van der Waals surface area contributed by atoms with Crippen LogP contribution in [0.2, 0.25) is 0 Å². The van der Waals surface area contributed by atoms with Crippen LogP contribution in [0.15, 0.2) is 27.6 Å². The lowest BCUT2D eigenvalue weighted by molar-refractivity contribution is -0.119. The number of Topliss-reactive ketones (excluding diaryl/α,β-unsaturated/α-hetero) is 1. The molecule has 0 amide bonds. The van der Waals surface area contributed by atoms with Crippen LogP contribution in [0.1, 0.15) is 96.5 Å². The van der Waals surface area contributed by atoms with E-state index in [1.165, 1.54) is 11.1 Å². The van der Waals surface area contributed by atoms with Gasteiger partial charge in [-0.2, -0.15) is 5.10 Å². The summed E-state index contributed by atoms with van der Waals surface area (Å²) in [6.07, 6.45) is 5.11. The van der Waals surface area contributed by atoms with Crippen molar-refractivity contribution in [2.45, 2.75) is 98.6 Å². The normalized spacial score (nSPS) is 24.6. The van der Waals surface area contributed by atoms with E-state index in [-0.39, 0.29) is 17.9 Å². The molecule has 3 saturated carbocycles. The molecule has 2 heterocycles. The number of ketones is 1. The molecule has 36 heavy (non-hydrogen) atoms. The third-order valence-electron chi connectivity index (χ3n) is 8.81. The Bertz CT molecular complexity index is 1160. The summed E-state index contributed by atoms with van der Waals surface area (Å²) < 4.78 is 1.72. The Balaban J connectivity index is 1.39. The molecule has 0 spiro atoms. The number of anilines is 1. The first kappa shape index (κ1) is 27.0. The molecule has 3 aliphatic rings. The van der Waals surface area contributed by atoms with Gasteiger partial charge in [0.25, 0.3) is 5.56 Å². The molecule has 3 aliphatic carbocycles. The van der Waals surface area contributed by atoms with Gasteiger partial charge in [0.1, 0.15) is 11.0 Å². The van der Waals surface area contributed by atoms with E-state index >= 15 is 0 Å². The number of hydrogen-bond donors (Lipinski definition) is 1. The number of hydrogen-bond acceptors (Lipinski definition) is 5. The van der Waals surface area contributed by atoms with Crippen LogP contribution in [-0.2, 0) is 17.8 Å². The van der Waals surface area contributed by atoms with Gasteiger partial charge in [-0.15, -0.1) is 0 Å². The van der Waals surface area contributed by atoms with Gasteiger partial charge in [0.05, 0.1) is 11.9 Å². The van der Waals surface area contributed by atoms with Gasteiger partial charge < -0.3 is 5.32 Å². The van der Waals surface area contributed by atoms with Crippen LogP contribution in [0.25, 0.3) is 0 Å². The van der Waals surface area contributed by atoms with Crippen LogP contribution < -0.4 is 10.9 Å². The fourth-order valence-electron chi connectivity index (χ4n) is 6.12. The lowest BCUT2D eigenvalue weighted by Crippen LogP contribution is -2.58. The van der Waals surface area contributed by atoms with E-state index in [0.717, 1.165) is 35.0 Å². The SMILES string of the molecule is CC(C)c1cc(CCC(=O)Cn2ncc(N[C@@H]3C[C@@H]4C[C@H]([C@H]3C)C4(C)C)c(Br)c2=O)cc(C(C)C)n1. The Hall–Kier alpha value is -2.02. The second-order valence-electron chi connectivity index (χ2n) is 12.2. The van der Waals surface area contributed by atoms with Gasteiger partial charge in [-0.05, 0) is 87.9 Å². The molecule has 0 unspecified atom stereocenters. The van der Waals surface area contributed by atoms with Gasteiger partial charge in [0.2, 0.25) is 0 Å². The summed E-state index contributed by atoms with van der Waals surface area (Å²) in [4.78, 5) is 30.5. The van der Waals surface area contributed by atoms with Crippen molar-refractivity contribution in [2.75, 3.05) is 5.32 Å². The first-order chi connectivity index (χ1) is 16.9. The van der Waals surface area contributed by atoms with E-state index in [1.807, 2.05) is 0 Å². The number of aromatic nitrogens is 3. The van der Waals surface area contributed by atoms with Crippen LogP contribution in [0.5, 0.6) is 0 Å². The standard InChI is InChI=1S/C29H41BrN4O2/c1-16(2)23-10-19(11-24(32-23)17(3)4)8-9-21(35)15-34-28(36)27(30)26(14-31-34)33-25-13-20-12-22(18(25)5)29(20,6)7/h10-11,14,16-18,20,22,25,33H,8-9,12-13,15H2,1-7H3/t18-,20+,22-,25-/m1/s1. The molecule has 3 fully saturated rings. The highest BCUT2D eigenvalue weighted by Gasteiger charge is 2.56. The highest BCUT2D eigenvalue weighted by atomic mass is 79.9. The maximum atomic E-state index is 13.0. The number of fused-ring (bicyclic) bond motifs is 2. The summed E-state index contributed by atoms with van der Waals surface area (Å²) in [5.74, 6) is 2.65. The second-order valence-corrected chi connectivity index (χ2v) is 13.0. The first-order valence-electron chi connectivity index (χ1n) is 13.4. The summed E-state index contributed by atoms with van der Waals surface area (Å²) in [7, 11) is 0. The van der Waals surface area contributed by atoms with Crippen molar-refractivity contribution >= 4 is 27.4 Å². The number of carbonyl (C=O) groups is 1. The molecule has 6 nitrogen and oxygen atoms in total. The molecule has 2 bridgehead atoms. The molecule has 0 radical (unpaired) electrons. The van der Waals surface area contributed by atoms with E-state index in [9.17, 15) is 9.59 Å². The third-order valence-corrected chi connectivity index (χ3v) is 9.57. The number of carbonyl (C=O) groups excluding carboxylic acids is 1. The Morgan fingerprint density at radius 3 is 2.36 bits per heavy atom. The average Bonchev–Trinajstić information content (AvgIpc) is 2.82. The zero-order valence-electron chi connectivity index (χ0n) is 22.8. The van der Waals surface area contributed by atoms with Gasteiger partial charge in [0.15, 0.2) is 5.78 Å². The van der Waals surface area contributed by atoms with Crippen molar-refractivity contribution in [3.05, 3.63) is 50.1 Å². The molecular weight excluding hydrogens is 516 g/mol. The smallest absolute Gasteiger partial charge is 0.283 e. The number of pyridine rings is 1. The van der Waals surface area contributed by atoms with E-state index in [2.05, 4.69) is 86.9 Å². The van der Waals surface area contributed by atoms with Gasteiger partial charge >= 0.3 is 0 Å². The Kier molecular flexibility index (Phi) is 7.80. The summed E-state index contributed by atoms with van der Waals surface area (Å²) in [5, 5.41) is 7.92. The van der Waals surface area contributed by atoms with Crippen molar-refractivity contribution in [1.82, 2.24) is 14.8 Å². The molecule has 196 valence electrons. The van der Waals surface area contributed by atoms with E-state index in [0.29, 0.717) is 52.4 Å². The summed E-state index contributed by atoms with van der Waals surface area (Å²) >= 11 is 3.48. The number of halogens is 1. The molecule has 4 atom stereocenters. The molecule has 0 aliphatic heterocycles. The lowest BCUT2D eigenvalue weighted by atomic mass is 9.45. The molecule has 2 aromatic heterocycles. The Labute approximate surface area is 223 Å². The minimum absolute atomic E-state index is 0.00515. The van der Waals surface area contributed by atoms with Crippen LogP contribution in [0, 0.1) is 23.2 Å². The van der Waals surface area contributed by atoms with Crippen molar-refractivity contribution in [1.29, 1.82) is 0 Å². The quantitative estimate of drug-likeness (QED) is 0.390. The number of rotatable bonds is 9. The highest BCUT2D eigenvalue weighted by Crippen LogP contribution is 2.61. The monoisotopic (exact) mass is 556 g/mol. The summed E-state index contributed by atoms with van der Waals surface area (Å²) in [6.45, 7) is 15.6. The maximum absolute atomic E-state index is 13.0. The van der Waals surface area contributed by atoms with Crippen LogP contribution >= 0.6 is 15.9 Å². The second kappa shape index (κ2) is 10.4. The molecule has 0 saturated heterocycles. The van der Waals surface area contributed by atoms with Gasteiger partial charge in [-0.25, -0.2) is 4.68 Å². The van der Waals surface area contributed by atoms with Crippen LogP contribution in [-0.4, -0.2) is 26.6 Å². The number of nitrogens with one attached hydrogen (secondary N) is 1. The summed E-state index contributed by atoms with van der Waals surface area (Å²) in [6, 6.07) is 4.54. The third kappa shape index (κ3) is 5.32. The highest BCUT2D eigenvalue weighted by molar-refractivity contribution is 9.10. The molecule has 5 rings (SSSR count). The van der Waals surface area contributed by atoms with Crippen LogP contribution in [0.4, 0.5) is 5.69 Å². The number of nitrogens with zero attached hydrogens (tertiary/aromatic N) is 3. The fourth-order valence-corrected chi connectivity index (χ4v) is 6.54. The molecular formula is C29H41BrN4O2. The maximum Gasteiger partial charge on any atom is 0.283 e. The molecule has 2 aromatic rings. The van der Waals surface area contributed by atoms with Gasteiger partial charge in [-0.1, -0.05) is 48.5 Å². The van der Waals surface area contributed by atoms with Gasteiger partial charge in [-0.3, -0.25) is 14.6 Å². The zero-order chi connectivity index (χ0) is 26.4. The minimum Gasteiger partial charge on any atom is -0.380 e. The topological polar surface area (TPSA) is 76.9 Å². The van der Waals surface area contributed by atoms with Crippen molar-refractivity contribution in [3.8, 4) is 0 Å². The first-order valence-corrected chi connectivity index (χ1v) is 14.2. The fraction of sp³-hybridized carbons (Fsp3) is 0.655. The zero-order valence-corrected chi connectivity index (χ0v) is 24.4. The van der Waals surface area contributed by atoms with Crippen molar-refractivity contribution in [2.24, 2.45) is 23.2 Å². The Morgan fingerprint density at radius 1 is 1.17 bits per heavy atom. The van der Waals surface area contributed by atoms with Gasteiger partial charge in [0, 0.05) is 23.9 Å². The van der Waals surface area contributed by atoms with Crippen LogP contribution in [0.3, 0.4) is 0 Å². The molecule has 1 N–H and O–H groups in total.